The summed E-state index contributed by atoms with van der Waals surface area (Å²) in [6.45, 7) is 9.08. The molecule has 1 aliphatic rings. The lowest BCUT2D eigenvalue weighted by molar-refractivity contribution is 0.160. The molecule has 4 nitrogen and oxygen atoms in total. The second-order valence-electron chi connectivity index (χ2n) is 6.63. The van der Waals surface area contributed by atoms with E-state index in [1.165, 1.54) is 0 Å². The molecule has 1 aliphatic heterocycles. The van der Waals surface area contributed by atoms with Gasteiger partial charge in [-0.2, -0.15) is 0 Å². The molecule has 18 heavy (non-hydrogen) atoms. The second-order valence-corrected chi connectivity index (χ2v) is 6.63. The first-order valence-corrected chi connectivity index (χ1v) is 6.57. The maximum absolute atomic E-state index is 4.39. The quantitative estimate of drug-likeness (QED) is 0.871. The number of piperidine rings is 1. The van der Waals surface area contributed by atoms with Crippen LogP contribution in [0.4, 0.5) is 5.82 Å². The maximum atomic E-state index is 4.39. The summed E-state index contributed by atoms with van der Waals surface area (Å²) in [6.07, 6.45) is 7.53. The highest BCUT2D eigenvalue weighted by Crippen LogP contribution is 2.32. The summed E-state index contributed by atoms with van der Waals surface area (Å²) < 4.78 is 0. The molecule has 0 amide bonds. The van der Waals surface area contributed by atoms with E-state index < -0.39 is 0 Å². The molecule has 1 aromatic heterocycles. The number of hydrogen-bond acceptors (Lipinski definition) is 4. The van der Waals surface area contributed by atoms with Crippen molar-refractivity contribution in [3.63, 3.8) is 0 Å². The van der Waals surface area contributed by atoms with Gasteiger partial charge in [-0.15, -0.1) is 0 Å². The molecule has 0 bridgehead atoms. The summed E-state index contributed by atoms with van der Waals surface area (Å²) in [5.74, 6) is 0.955. The van der Waals surface area contributed by atoms with Gasteiger partial charge in [-0.25, -0.2) is 4.98 Å². The Labute approximate surface area is 110 Å². The van der Waals surface area contributed by atoms with E-state index in [1.807, 2.05) is 6.20 Å². The summed E-state index contributed by atoms with van der Waals surface area (Å²) in [4.78, 5) is 10.8. The van der Waals surface area contributed by atoms with Crippen molar-refractivity contribution in [2.45, 2.75) is 57.7 Å². The van der Waals surface area contributed by atoms with Crippen molar-refractivity contribution in [3.05, 3.63) is 18.6 Å². The van der Waals surface area contributed by atoms with E-state index in [0.717, 1.165) is 18.7 Å². The normalized spacial score (nSPS) is 22.7. The lowest BCUT2D eigenvalue weighted by atomic mass is 9.79. The van der Waals surface area contributed by atoms with Gasteiger partial charge in [0, 0.05) is 36.6 Å². The summed E-state index contributed by atoms with van der Waals surface area (Å²) in [7, 11) is 2.12. The fourth-order valence-corrected chi connectivity index (χ4v) is 3.20. The van der Waals surface area contributed by atoms with Crippen molar-refractivity contribution in [1.82, 2.24) is 15.3 Å². The highest BCUT2D eigenvalue weighted by atomic mass is 15.2. The highest BCUT2D eigenvalue weighted by Gasteiger charge is 2.39. The molecule has 0 atom stereocenters. The first kappa shape index (κ1) is 13.3. The number of anilines is 1. The number of nitrogens with zero attached hydrogens (tertiary/aromatic N) is 3. The lowest BCUT2D eigenvalue weighted by Crippen LogP contribution is -2.62. The Morgan fingerprint density at radius 1 is 1.17 bits per heavy atom. The van der Waals surface area contributed by atoms with Gasteiger partial charge in [0.2, 0.25) is 0 Å². The average molecular weight is 248 g/mol. The van der Waals surface area contributed by atoms with Crippen LogP contribution in [0.25, 0.3) is 0 Å². The lowest BCUT2D eigenvalue weighted by Gasteiger charge is -2.49. The molecular weight excluding hydrogens is 224 g/mol. The molecule has 1 fully saturated rings. The van der Waals surface area contributed by atoms with Crippen LogP contribution in [-0.2, 0) is 0 Å². The van der Waals surface area contributed by atoms with Crippen LogP contribution >= 0.6 is 0 Å². The molecule has 2 heterocycles. The van der Waals surface area contributed by atoms with Gasteiger partial charge in [-0.1, -0.05) is 0 Å². The van der Waals surface area contributed by atoms with E-state index in [1.54, 1.807) is 12.4 Å². The summed E-state index contributed by atoms with van der Waals surface area (Å²) in [5.41, 5.74) is 0.311. The van der Waals surface area contributed by atoms with E-state index in [2.05, 4.69) is 54.9 Å². The smallest absolute Gasteiger partial charge is 0.147 e. The van der Waals surface area contributed by atoms with Crippen LogP contribution in [-0.4, -0.2) is 34.1 Å². The minimum absolute atomic E-state index is 0.156. The Hall–Kier alpha value is -1.16. The Kier molecular flexibility index (Phi) is 3.32. The van der Waals surface area contributed by atoms with E-state index >= 15 is 0 Å². The average Bonchev–Trinajstić information content (AvgIpc) is 2.25. The van der Waals surface area contributed by atoms with Gasteiger partial charge in [-0.05, 0) is 40.5 Å². The largest absolute Gasteiger partial charge is 0.355 e. The molecule has 1 aromatic rings. The Morgan fingerprint density at radius 2 is 1.78 bits per heavy atom. The van der Waals surface area contributed by atoms with Crippen LogP contribution in [0, 0.1) is 0 Å². The third-order valence-electron chi connectivity index (χ3n) is 3.63. The zero-order valence-electron chi connectivity index (χ0n) is 12.1. The van der Waals surface area contributed by atoms with Crippen molar-refractivity contribution in [3.8, 4) is 0 Å². The van der Waals surface area contributed by atoms with Crippen LogP contribution in [0.15, 0.2) is 18.6 Å². The van der Waals surface area contributed by atoms with Gasteiger partial charge in [0.25, 0.3) is 0 Å². The second kappa shape index (κ2) is 4.50. The van der Waals surface area contributed by atoms with Crippen LogP contribution in [0.5, 0.6) is 0 Å². The molecule has 0 unspecified atom stereocenters. The Morgan fingerprint density at radius 3 is 2.28 bits per heavy atom. The first-order valence-electron chi connectivity index (χ1n) is 6.57. The van der Waals surface area contributed by atoms with Gasteiger partial charge in [-0.3, -0.25) is 4.98 Å². The molecule has 4 heteroatoms. The van der Waals surface area contributed by atoms with Gasteiger partial charge in [0.05, 0.1) is 6.20 Å². The minimum atomic E-state index is 0.156. The number of rotatable bonds is 2. The van der Waals surface area contributed by atoms with Gasteiger partial charge in [0.1, 0.15) is 5.82 Å². The van der Waals surface area contributed by atoms with Crippen LogP contribution < -0.4 is 10.2 Å². The van der Waals surface area contributed by atoms with E-state index in [-0.39, 0.29) is 11.1 Å². The van der Waals surface area contributed by atoms with E-state index in [4.69, 9.17) is 0 Å². The van der Waals surface area contributed by atoms with Gasteiger partial charge in [0.15, 0.2) is 0 Å². The number of nitrogens with one attached hydrogen (secondary N) is 1. The SMILES string of the molecule is CN(c1cnccn1)C1CC(C)(C)NC(C)(C)C1. The molecule has 0 spiro atoms. The zero-order valence-corrected chi connectivity index (χ0v) is 12.1. The van der Waals surface area contributed by atoms with Crippen LogP contribution in [0.2, 0.25) is 0 Å². The number of hydrogen-bond donors (Lipinski definition) is 1. The Balaban J connectivity index is 2.18. The molecule has 0 radical (unpaired) electrons. The summed E-state index contributed by atoms with van der Waals surface area (Å²) >= 11 is 0. The molecule has 0 aliphatic carbocycles. The standard InChI is InChI=1S/C14H24N4/c1-13(2)8-11(9-14(3,4)17-13)18(5)12-10-15-6-7-16-12/h6-7,10-11,17H,8-9H2,1-5H3. The molecule has 100 valence electrons. The molecular formula is C14H24N4. The Bertz CT molecular complexity index is 384. The van der Waals surface area contributed by atoms with Crippen LogP contribution in [0.1, 0.15) is 40.5 Å². The third kappa shape index (κ3) is 2.99. The van der Waals surface area contributed by atoms with Crippen molar-refractivity contribution < 1.29 is 0 Å². The van der Waals surface area contributed by atoms with Gasteiger partial charge >= 0.3 is 0 Å². The zero-order chi connectivity index (χ0) is 13.4. The molecule has 1 saturated heterocycles. The third-order valence-corrected chi connectivity index (χ3v) is 3.63. The summed E-state index contributed by atoms with van der Waals surface area (Å²) in [6, 6.07) is 0.493. The topological polar surface area (TPSA) is 41.1 Å². The van der Waals surface area contributed by atoms with Gasteiger partial charge < -0.3 is 10.2 Å². The molecule has 2 rings (SSSR count). The highest BCUT2D eigenvalue weighted by molar-refractivity contribution is 5.36. The molecule has 1 N–H and O–H groups in total. The fourth-order valence-electron chi connectivity index (χ4n) is 3.20. The first-order chi connectivity index (χ1) is 8.29. The molecule has 0 saturated carbocycles. The van der Waals surface area contributed by atoms with Crippen LogP contribution in [0.3, 0.4) is 0 Å². The van der Waals surface area contributed by atoms with E-state index in [9.17, 15) is 0 Å². The summed E-state index contributed by atoms with van der Waals surface area (Å²) in [5, 5.41) is 3.71. The predicted octanol–water partition coefficient (Wildman–Crippen LogP) is 2.22. The van der Waals surface area contributed by atoms with Crippen molar-refractivity contribution in [2.75, 3.05) is 11.9 Å². The van der Waals surface area contributed by atoms with Crippen molar-refractivity contribution in [2.24, 2.45) is 0 Å². The monoisotopic (exact) mass is 248 g/mol. The fraction of sp³-hybridized carbons (Fsp3) is 0.714. The van der Waals surface area contributed by atoms with Crippen molar-refractivity contribution >= 4 is 5.82 Å². The number of aromatic nitrogens is 2. The van der Waals surface area contributed by atoms with E-state index in [0.29, 0.717) is 6.04 Å². The van der Waals surface area contributed by atoms with Crippen molar-refractivity contribution in [1.29, 1.82) is 0 Å². The molecule has 0 aromatic carbocycles. The minimum Gasteiger partial charge on any atom is -0.355 e. The predicted molar refractivity (Wildman–Crippen MR) is 74.8 cm³/mol. The maximum Gasteiger partial charge on any atom is 0.147 e.